The fourth-order valence-corrected chi connectivity index (χ4v) is 4.99. The van der Waals surface area contributed by atoms with Crippen molar-refractivity contribution in [3.05, 3.63) is 87.4 Å². The van der Waals surface area contributed by atoms with Crippen LogP contribution in [0.1, 0.15) is 16.7 Å². The van der Waals surface area contributed by atoms with Gasteiger partial charge in [-0.2, -0.15) is 0 Å². The smallest absolute Gasteiger partial charge is 0.264 e. The van der Waals surface area contributed by atoms with Gasteiger partial charge in [0.25, 0.3) is 10.0 Å². The molecule has 5 nitrogen and oxygen atoms in total. The summed E-state index contributed by atoms with van der Waals surface area (Å²) in [5.41, 5.74) is 3.17. The minimum Gasteiger partial charge on any atom is -0.324 e. The van der Waals surface area contributed by atoms with Crippen LogP contribution in [-0.4, -0.2) is 20.9 Å². The molecular weight excluding hydrogens is 455 g/mol. The summed E-state index contributed by atoms with van der Waals surface area (Å²) < 4.78 is 28.1. The summed E-state index contributed by atoms with van der Waals surface area (Å²) in [6, 6.07) is 16.5. The third kappa shape index (κ3) is 5.21. The Balaban J connectivity index is 2.00. The lowest BCUT2D eigenvalue weighted by molar-refractivity contribution is -0.114. The highest BCUT2D eigenvalue weighted by Gasteiger charge is 2.28. The Morgan fingerprint density at radius 1 is 0.968 bits per heavy atom. The van der Waals surface area contributed by atoms with Crippen molar-refractivity contribution in [3.8, 4) is 0 Å². The zero-order valence-corrected chi connectivity index (χ0v) is 19.6. The molecule has 1 N–H and O–H groups in total. The van der Waals surface area contributed by atoms with Crippen molar-refractivity contribution in [2.24, 2.45) is 0 Å². The summed E-state index contributed by atoms with van der Waals surface area (Å²) in [6.07, 6.45) is 0. The zero-order chi connectivity index (χ0) is 22.8. The first-order chi connectivity index (χ1) is 14.6. The van der Waals surface area contributed by atoms with E-state index < -0.39 is 22.5 Å². The topological polar surface area (TPSA) is 66.5 Å². The SMILES string of the molecule is Cc1ccc(S(=O)(=O)N(CC(=O)Nc2cccc(Cl)c2C)c2ccc(Cl)cc2C)cc1. The van der Waals surface area contributed by atoms with Gasteiger partial charge in [-0.25, -0.2) is 8.42 Å². The van der Waals surface area contributed by atoms with Crippen LogP contribution >= 0.6 is 23.2 Å². The molecule has 0 aliphatic rings. The molecule has 8 heteroatoms. The van der Waals surface area contributed by atoms with E-state index in [-0.39, 0.29) is 4.90 Å². The van der Waals surface area contributed by atoms with E-state index >= 15 is 0 Å². The standard InChI is InChI=1S/C23H22Cl2N2O3S/c1-15-7-10-19(11-8-15)31(29,30)27(22-12-9-18(24)13-16(22)2)14-23(28)26-21-6-4-5-20(25)17(21)3/h4-13H,14H2,1-3H3,(H,26,28). The van der Waals surface area contributed by atoms with Crippen molar-refractivity contribution in [1.29, 1.82) is 0 Å². The molecule has 162 valence electrons. The third-order valence-corrected chi connectivity index (χ3v) is 7.28. The number of nitrogens with one attached hydrogen (secondary N) is 1. The van der Waals surface area contributed by atoms with E-state index in [2.05, 4.69) is 5.32 Å². The Morgan fingerprint density at radius 2 is 1.65 bits per heavy atom. The summed E-state index contributed by atoms with van der Waals surface area (Å²) in [7, 11) is -4.01. The molecule has 3 aromatic rings. The van der Waals surface area contributed by atoms with Crippen molar-refractivity contribution < 1.29 is 13.2 Å². The number of anilines is 2. The molecule has 0 unspecified atom stereocenters. The van der Waals surface area contributed by atoms with Crippen molar-refractivity contribution in [2.75, 3.05) is 16.2 Å². The van der Waals surface area contributed by atoms with Crippen LogP contribution in [0.15, 0.2) is 65.6 Å². The fraction of sp³-hybridized carbons (Fsp3) is 0.174. The number of carbonyl (C=O) groups is 1. The predicted octanol–water partition coefficient (Wildman–Crippen LogP) is 5.75. The first kappa shape index (κ1) is 23.1. The van der Waals surface area contributed by atoms with Crippen molar-refractivity contribution in [2.45, 2.75) is 25.7 Å². The second-order valence-corrected chi connectivity index (χ2v) is 9.92. The number of nitrogens with zero attached hydrogens (tertiary/aromatic N) is 1. The highest BCUT2D eigenvalue weighted by atomic mass is 35.5. The highest BCUT2D eigenvalue weighted by molar-refractivity contribution is 7.92. The fourth-order valence-electron chi connectivity index (χ4n) is 3.10. The molecule has 0 bridgehead atoms. The van der Waals surface area contributed by atoms with E-state index in [4.69, 9.17) is 23.2 Å². The molecule has 0 aromatic heterocycles. The van der Waals surface area contributed by atoms with Gasteiger partial charge in [0.1, 0.15) is 6.54 Å². The summed E-state index contributed by atoms with van der Waals surface area (Å²) in [5, 5.41) is 3.75. The molecule has 0 saturated heterocycles. The highest BCUT2D eigenvalue weighted by Crippen LogP contribution is 2.29. The van der Waals surface area contributed by atoms with Gasteiger partial charge in [-0.3, -0.25) is 9.10 Å². The number of hydrogen-bond donors (Lipinski definition) is 1. The Hall–Kier alpha value is -2.54. The molecule has 0 radical (unpaired) electrons. The molecule has 0 aliphatic carbocycles. The number of amides is 1. The number of benzene rings is 3. The van der Waals surface area contributed by atoms with E-state index in [0.29, 0.717) is 32.5 Å². The summed E-state index contributed by atoms with van der Waals surface area (Å²) in [4.78, 5) is 13.0. The van der Waals surface area contributed by atoms with E-state index in [1.807, 2.05) is 6.92 Å². The first-order valence-electron chi connectivity index (χ1n) is 9.50. The van der Waals surface area contributed by atoms with E-state index in [1.165, 1.54) is 12.1 Å². The largest absolute Gasteiger partial charge is 0.324 e. The molecule has 0 fully saturated rings. The van der Waals surface area contributed by atoms with Crippen molar-refractivity contribution in [3.63, 3.8) is 0 Å². The van der Waals surface area contributed by atoms with Gasteiger partial charge in [-0.1, -0.05) is 47.0 Å². The van der Waals surface area contributed by atoms with E-state index in [9.17, 15) is 13.2 Å². The van der Waals surface area contributed by atoms with Gasteiger partial charge in [0.2, 0.25) is 5.91 Å². The number of aryl methyl sites for hydroxylation is 2. The minimum atomic E-state index is -4.01. The lowest BCUT2D eigenvalue weighted by Gasteiger charge is -2.26. The van der Waals surface area contributed by atoms with Gasteiger partial charge in [0.05, 0.1) is 10.6 Å². The first-order valence-corrected chi connectivity index (χ1v) is 11.7. The summed E-state index contributed by atoms with van der Waals surface area (Å²) >= 11 is 12.2. The van der Waals surface area contributed by atoms with Crippen LogP contribution in [0.4, 0.5) is 11.4 Å². The Labute approximate surface area is 192 Å². The van der Waals surface area contributed by atoms with Crippen molar-refractivity contribution >= 4 is 50.5 Å². The molecule has 0 saturated carbocycles. The van der Waals surface area contributed by atoms with Crippen LogP contribution in [0, 0.1) is 20.8 Å². The number of sulfonamides is 1. The lowest BCUT2D eigenvalue weighted by Crippen LogP contribution is -2.38. The van der Waals surface area contributed by atoms with Crippen molar-refractivity contribution in [1.82, 2.24) is 0 Å². The Kier molecular flexibility index (Phi) is 6.94. The average molecular weight is 477 g/mol. The molecule has 0 atom stereocenters. The van der Waals surface area contributed by atoms with Gasteiger partial charge in [0, 0.05) is 15.7 Å². The number of halogens is 2. The summed E-state index contributed by atoms with van der Waals surface area (Å²) in [6.45, 7) is 4.99. The molecule has 3 rings (SSSR count). The molecule has 0 aliphatic heterocycles. The maximum Gasteiger partial charge on any atom is 0.264 e. The molecule has 0 spiro atoms. The normalized spacial score (nSPS) is 11.3. The van der Waals surface area contributed by atoms with Gasteiger partial charge in [0.15, 0.2) is 0 Å². The summed E-state index contributed by atoms with van der Waals surface area (Å²) in [5.74, 6) is -0.490. The number of hydrogen-bond acceptors (Lipinski definition) is 3. The third-order valence-electron chi connectivity index (χ3n) is 4.87. The number of rotatable bonds is 6. The maximum atomic E-state index is 13.5. The lowest BCUT2D eigenvalue weighted by atomic mass is 10.2. The van der Waals surface area contributed by atoms with Gasteiger partial charge < -0.3 is 5.32 Å². The quantitative estimate of drug-likeness (QED) is 0.492. The predicted molar refractivity (Wildman–Crippen MR) is 127 cm³/mol. The van der Waals surface area contributed by atoms with Gasteiger partial charge in [-0.05, 0) is 74.4 Å². The monoisotopic (exact) mass is 476 g/mol. The second-order valence-electron chi connectivity index (χ2n) is 7.22. The molecule has 0 heterocycles. The number of carbonyl (C=O) groups excluding carboxylic acids is 1. The van der Waals surface area contributed by atoms with Crippen LogP contribution in [0.3, 0.4) is 0 Å². The van der Waals surface area contributed by atoms with Crippen LogP contribution in [0.2, 0.25) is 10.0 Å². The Morgan fingerprint density at radius 3 is 2.29 bits per heavy atom. The van der Waals surface area contributed by atoms with Crippen LogP contribution in [-0.2, 0) is 14.8 Å². The van der Waals surface area contributed by atoms with Crippen LogP contribution < -0.4 is 9.62 Å². The average Bonchev–Trinajstić information content (AvgIpc) is 2.70. The Bertz CT molecular complexity index is 1230. The molecule has 3 aromatic carbocycles. The van der Waals surface area contributed by atoms with Crippen LogP contribution in [0.5, 0.6) is 0 Å². The molecule has 31 heavy (non-hydrogen) atoms. The van der Waals surface area contributed by atoms with Crippen LogP contribution in [0.25, 0.3) is 0 Å². The van der Waals surface area contributed by atoms with E-state index in [1.54, 1.807) is 62.4 Å². The van der Waals surface area contributed by atoms with Gasteiger partial charge in [-0.15, -0.1) is 0 Å². The maximum absolute atomic E-state index is 13.5. The molecular formula is C23H22Cl2N2O3S. The zero-order valence-electron chi connectivity index (χ0n) is 17.3. The second kappa shape index (κ2) is 9.30. The van der Waals surface area contributed by atoms with E-state index in [0.717, 1.165) is 9.87 Å². The molecule has 1 amide bonds. The minimum absolute atomic E-state index is 0.0965. The van der Waals surface area contributed by atoms with Gasteiger partial charge >= 0.3 is 0 Å².